The van der Waals surface area contributed by atoms with Crippen LogP contribution in [0.4, 0.5) is 4.39 Å². The SMILES string of the molecule is CC1(O)CN(C(=O)c2cccc(F)c2)C1. The van der Waals surface area contributed by atoms with Crippen molar-refractivity contribution < 1.29 is 14.3 Å². The predicted molar refractivity (Wildman–Crippen MR) is 52.9 cm³/mol. The number of benzene rings is 1. The number of hydrogen-bond donors (Lipinski definition) is 1. The lowest BCUT2D eigenvalue weighted by atomic mass is 9.96. The summed E-state index contributed by atoms with van der Waals surface area (Å²) in [6.07, 6.45) is 0. The molecule has 0 saturated carbocycles. The maximum absolute atomic E-state index is 12.8. The first-order valence-electron chi connectivity index (χ1n) is 4.75. The monoisotopic (exact) mass is 209 g/mol. The molecule has 80 valence electrons. The number of aliphatic hydroxyl groups is 1. The molecule has 0 bridgehead atoms. The minimum atomic E-state index is -0.789. The standard InChI is InChI=1S/C11H12FNO2/c1-11(15)6-13(7-11)10(14)8-3-2-4-9(12)5-8/h2-5,15H,6-7H2,1H3. The Balaban J connectivity index is 2.10. The summed E-state index contributed by atoms with van der Waals surface area (Å²) < 4.78 is 12.8. The van der Waals surface area contributed by atoms with Crippen LogP contribution in [0, 0.1) is 5.82 Å². The van der Waals surface area contributed by atoms with E-state index in [9.17, 15) is 14.3 Å². The van der Waals surface area contributed by atoms with Gasteiger partial charge >= 0.3 is 0 Å². The third-order valence-electron chi connectivity index (χ3n) is 2.42. The number of halogens is 1. The average Bonchev–Trinajstić information content (AvgIpc) is 2.13. The number of likely N-dealkylation sites (tertiary alicyclic amines) is 1. The fraction of sp³-hybridized carbons (Fsp3) is 0.364. The molecule has 0 aliphatic carbocycles. The molecule has 0 radical (unpaired) electrons. The number of carbonyl (C=O) groups is 1. The van der Waals surface area contributed by atoms with E-state index in [0.717, 1.165) is 0 Å². The lowest BCUT2D eigenvalue weighted by Gasteiger charge is -2.44. The van der Waals surface area contributed by atoms with Crippen molar-refractivity contribution in [1.82, 2.24) is 4.90 Å². The Hall–Kier alpha value is -1.42. The molecule has 1 heterocycles. The van der Waals surface area contributed by atoms with Crippen LogP contribution in [0.2, 0.25) is 0 Å². The van der Waals surface area contributed by atoms with Gasteiger partial charge in [-0.2, -0.15) is 0 Å². The van der Waals surface area contributed by atoms with E-state index in [1.54, 1.807) is 13.0 Å². The normalized spacial score (nSPS) is 18.5. The predicted octanol–water partition coefficient (Wildman–Crippen LogP) is 1.03. The van der Waals surface area contributed by atoms with Gasteiger partial charge in [0.25, 0.3) is 5.91 Å². The van der Waals surface area contributed by atoms with E-state index < -0.39 is 11.4 Å². The van der Waals surface area contributed by atoms with E-state index in [4.69, 9.17) is 0 Å². The molecule has 1 amide bonds. The summed E-state index contributed by atoms with van der Waals surface area (Å²) in [4.78, 5) is 13.2. The summed E-state index contributed by atoms with van der Waals surface area (Å²) >= 11 is 0. The lowest BCUT2D eigenvalue weighted by molar-refractivity contribution is -0.0668. The summed E-state index contributed by atoms with van der Waals surface area (Å²) in [5.41, 5.74) is -0.464. The molecular weight excluding hydrogens is 197 g/mol. The fourth-order valence-corrected chi connectivity index (χ4v) is 1.72. The molecule has 0 unspecified atom stereocenters. The summed E-state index contributed by atoms with van der Waals surface area (Å²) in [6, 6.07) is 5.57. The number of amides is 1. The third kappa shape index (κ3) is 1.99. The van der Waals surface area contributed by atoms with E-state index in [2.05, 4.69) is 0 Å². The van der Waals surface area contributed by atoms with E-state index >= 15 is 0 Å². The molecule has 1 aromatic rings. The summed E-state index contributed by atoms with van der Waals surface area (Å²) in [7, 11) is 0. The zero-order chi connectivity index (χ0) is 11.1. The molecule has 15 heavy (non-hydrogen) atoms. The molecule has 4 heteroatoms. The first-order chi connectivity index (χ1) is 6.98. The molecule has 2 rings (SSSR count). The zero-order valence-corrected chi connectivity index (χ0v) is 8.40. The largest absolute Gasteiger partial charge is 0.386 e. The zero-order valence-electron chi connectivity index (χ0n) is 8.40. The summed E-state index contributed by atoms with van der Waals surface area (Å²) in [5.74, 6) is -0.658. The van der Waals surface area contributed by atoms with Crippen LogP contribution in [0.1, 0.15) is 17.3 Å². The quantitative estimate of drug-likeness (QED) is 0.750. The highest BCUT2D eigenvalue weighted by Gasteiger charge is 2.39. The summed E-state index contributed by atoms with van der Waals surface area (Å²) in [5, 5.41) is 9.47. The number of hydrogen-bond acceptors (Lipinski definition) is 2. The molecule has 1 aromatic carbocycles. The number of rotatable bonds is 1. The molecule has 1 fully saturated rings. The minimum absolute atomic E-state index is 0.235. The highest BCUT2D eigenvalue weighted by Crippen LogP contribution is 2.22. The van der Waals surface area contributed by atoms with Gasteiger partial charge in [-0.25, -0.2) is 4.39 Å². The highest BCUT2D eigenvalue weighted by atomic mass is 19.1. The van der Waals surface area contributed by atoms with Crippen molar-refractivity contribution in [1.29, 1.82) is 0 Å². The van der Waals surface area contributed by atoms with Crippen molar-refractivity contribution in [3.63, 3.8) is 0 Å². The average molecular weight is 209 g/mol. The number of nitrogens with zero attached hydrogens (tertiary/aromatic N) is 1. The molecule has 1 aliphatic heterocycles. The van der Waals surface area contributed by atoms with E-state index in [0.29, 0.717) is 18.7 Å². The van der Waals surface area contributed by atoms with Crippen LogP contribution in [-0.2, 0) is 0 Å². The Morgan fingerprint density at radius 1 is 1.53 bits per heavy atom. The topological polar surface area (TPSA) is 40.5 Å². The van der Waals surface area contributed by atoms with Gasteiger partial charge in [-0.1, -0.05) is 6.07 Å². The minimum Gasteiger partial charge on any atom is -0.386 e. The van der Waals surface area contributed by atoms with Crippen molar-refractivity contribution in [2.45, 2.75) is 12.5 Å². The molecule has 0 spiro atoms. The highest BCUT2D eigenvalue weighted by molar-refractivity contribution is 5.94. The van der Waals surface area contributed by atoms with Crippen LogP contribution in [0.25, 0.3) is 0 Å². The van der Waals surface area contributed by atoms with E-state index in [-0.39, 0.29) is 5.91 Å². The van der Waals surface area contributed by atoms with Gasteiger partial charge in [0.15, 0.2) is 0 Å². The van der Waals surface area contributed by atoms with Gasteiger partial charge in [-0.15, -0.1) is 0 Å². The van der Waals surface area contributed by atoms with Crippen LogP contribution in [-0.4, -0.2) is 34.6 Å². The van der Waals surface area contributed by atoms with Crippen molar-refractivity contribution in [2.24, 2.45) is 0 Å². The molecule has 1 saturated heterocycles. The molecule has 3 nitrogen and oxygen atoms in total. The van der Waals surface area contributed by atoms with Gasteiger partial charge in [0.05, 0.1) is 18.7 Å². The van der Waals surface area contributed by atoms with E-state index in [1.165, 1.54) is 23.1 Å². The van der Waals surface area contributed by atoms with Crippen molar-refractivity contribution >= 4 is 5.91 Å². The number of carbonyl (C=O) groups excluding carboxylic acids is 1. The first-order valence-corrected chi connectivity index (χ1v) is 4.75. The van der Waals surface area contributed by atoms with Crippen LogP contribution in [0.3, 0.4) is 0 Å². The fourth-order valence-electron chi connectivity index (χ4n) is 1.72. The van der Waals surface area contributed by atoms with Crippen molar-refractivity contribution in [3.8, 4) is 0 Å². The third-order valence-corrected chi connectivity index (χ3v) is 2.42. The number of β-amino-alcohol motifs (C(OH)–C–C–N with tert-alkyl or cyclic N) is 1. The van der Waals surface area contributed by atoms with Crippen LogP contribution in [0.5, 0.6) is 0 Å². The Morgan fingerprint density at radius 2 is 2.20 bits per heavy atom. The van der Waals surface area contributed by atoms with Gasteiger partial charge in [-0.3, -0.25) is 4.79 Å². The smallest absolute Gasteiger partial charge is 0.254 e. The van der Waals surface area contributed by atoms with Crippen LogP contribution < -0.4 is 0 Å². The molecule has 1 aliphatic rings. The van der Waals surface area contributed by atoms with Gasteiger partial charge in [0.2, 0.25) is 0 Å². The van der Waals surface area contributed by atoms with Gasteiger partial charge < -0.3 is 10.0 Å². The molecule has 0 atom stereocenters. The first kappa shape index (κ1) is 10.1. The Labute approximate surface area is 87.1 Å². The van der Waals surface area contributed by atoms with Crippen LogP contribution >= 0.6 is 0 Å². The van der Waals surface area contributed by atoms with Gasteiger partial charge in [0.1, 0.15) is 5.82 Å². The van der Waals surface area contributed by atoms with Crippen molar-refractivity contribution in [3.05, 3.63) is 35.6 Å². The summed E-state index contributed by atoms with van der Waals surface area (Å²) in [6.45, 7) is 2.28. The lowest BCUT2D eigenvalue weighted by Crippen LogP contribution is -2.61. The van der Waals surface area contributed by atoms with Gasteiger partial charge in [-0.05, 0) is 25.1 Å². The van der Waals surface area contributed by atoms with Crippen LogP contribution in [0.15, 0.2) is 24.3 Å². The van der Waals surface area contributed by atoms with Gasteiger partial charge in [0, 0.05) is 5.56 Å². The maximum atomic E-state index is 12.8. The Morgan fingerprint density at radius 3 is 2.73 bits per heavy atom. The van der Waals surface area contributed by atoms with E-state index in [1.807, 2.05) is 0 Å². The molecular formula is C11H12FNO2. The molecule has 0 aromatic heterocycles. The second-order valence-electron chi connectivity index (χ2n) is 4.17. The second kappa shape index (κ2) is 3.31. The maximum Gasteiger partial charge on any atom is 0.254 e. The second-order valence-corrected chi connectivity index (χ2v) is 4.17. The van der Waals surface area contributed by atoms with Crippen molar-refractivity contribution in [2.75, 3.05) is 13.1 Å². The Bertz CT molecular complexity index is 395. The molecule has 1 N–H and O–H groups in total. The Kier molecular flexibility index (Phi) is 2.23.